The zero-order valence-corrected chi connectivity index (χ0v) is 12.8. The number of nitrogens with one attached hydrogen (secondary N) is 3. The van der Waals surface area contributed by atoms with Gasteiger partial charge < -0.3 is 20.7 Å². The van der Waals surface area contributed by atoms with Gasteiger partial charge in [0.05, 0.1) is 7.11 Å². The van der Waals surface area contributed by atoms with Gasteiger partial charge in [0.15, 0.2) is 5.11 Å². The molecule has 0 radical (unpaired) electrons. The first-order chi connectivity index (χ1) is 9.56. The molecule has 6 heteroatoms. The number of rotatable bonds is 6. The summed E-state index contributed by atoms with van der Waals surface area (Å²) in [4.78, 5) is 11.7. The highest BCUT2D eigenvalue weighted by molar-refractivity contribution is 7.80. The lowest BCUT2D eigenvalue weighted by atomic mass is 10.3. The van der Waals surface area contributed by atoms with Crippen LogP contribution in [0.15, 0.2) is 24.3 Å². The molecule has 0 spiro atoms. The molecular weight excluding hydrogens is 274 g/mol. The summed E-state index contributed by atoms with van der Waals surface area (Å²) in [5, 5.41) is 9.18. The van der Waals surface area contributed by atoms with Crippen LogP contribution in [-0.4, -0.2) is 30.7 Å². The van der Waals surface area contributed by atoms with Crippen LogP contribution < -0.4 is 20.7 Å². The molecule has 0 aliphatic rings. The molecule has 0 unspecified atom stereocenters. The lowest BCUT2D eigenvalue weighted by Gasteiger charge is -2.16. The van der Waals surface area contributed by atoms with Gasteiger partial charge in [0.1, 0.15) is 11.8 Å². The number of carbonyl (C=O) groups excluding carboxylic acids is 1. The number of amides is 1. The first kappa shape index (κ1) is 16.2. The maximum Gasteiger partial charge on any atom is 0.242 e. The molecule has 1 aromatic rings. The third kappa shape index (κ3) is 5.44. The van der Waals surface area contributed by atoms with Crippen LogP contribution in [0.25, 0.3) is 0 Å². The number of thiocarbonyl (C=S) groups is 1. The molecule has 0 fully saturated rings. The number of hydrogen-bond donors (Lipinski definition) is 3. The molecule has 110 valence electrons. The molecule has 1 atom stereocenters. The third-order valence-corrected chi connectivity index (χ3v) is 2.86. The van der Waals surface area contributed by atoms with Gasteiger partial charge in [0, 0.05) is 12.2 Å². The molecule has 0 aliphatic heterocycles. The smallest absolute Gasteiger partial charge is 0.242 e. The molecule has 0 saturated carbocycles. The van der Waals surface area contributed by atoms with Crippen LogP contribution >= 0.6 is 12.2 Å². The van der Waals surface area contributed by atoms with E-state index < -0.39 is 0 Å². The summed E-state index contributed by atoms with van der Waals surface area (Å²) in [6.45, 7) is 4.45. The number of benzene rings is 1. The third-order valence-electron chi connectivity index (χ3n) is 2.64. The van der Waals surface area contributed by atoms with Crippen LogP contribution in [0.4, 0.5) is 5.69 Å². The van der Waals surface area contributed by atoms with Crippen molar-refractivity contribution in [1.82, 2.24) is 10.6 Å². The van der Waals surface area contributed by atoms with Crippen molar-refractivity contribution in [2.45, 2.75) is 26.3 Å². The number of ether oxygens (including phenoxy) is 1. The van der Waals surface area contributed by atoms with Gasteiger partial charge in [-0.05, 0) is 49.8 Å². The summed E-state index contributed by atoms with van der Waals surface area (Å²) in [6, 6.07) is 7.01. The van der Waals surface area contributed by atoms with Gasteiger partial charge in [-0.1, -0.05) is 6.92 Å². The fourth-order valence-corrected chi connectivity index (χ4v) is 1.80. The Kier molecular flexibility index (Phi) is 6.79. The Morgan fingerprint density at radius 3 is 2.55 bits per heavy atom. The molecule has 1 rings (SSSR count). The molecule has 0 aliphatic carbocycles. The van der Waals surface area contributed by atoms with Crippen molar-refractivity contribution in [2.75, 3.05) is 19.0 Å². The average Bonchev–Trinajstić information content (AvgIpc) is 2.45. The fourth-order valence-electron chi connectivity index (χ4n) is 1.51. The van der Waals surface area contributed by atoms with E-state index in [0.29, 0.717) is 11.7 Å². The maximum absolute atomic E-state index is 11.7. The van der Waals surface area contributed by atoms with Crippen LogP contribution in [0, 0.1) is 0 Å². The van der Waals surface area contributed by atoms with E-state index in [-0.39, 0.29) is 11.9 Å². The van der Waals surface area contributed by atoms with Gasteiger partial charge in [0.2, 0.25) is 5.91 Å². The summed E-state index contributed by atoms with van der Waals surface area (Å²) in [7, 11) is 1.62. The predicted octanol–water partition coefficient (Wildman–Crippen LogP) is 1.90. The van der Waals surface area contributed by atoms with E-state index in [9.17, 15) is 4.79 Å². The van der Waals surface area contributed by atoms with E-state index in [0.717, 1.165) is 17.9 Å². The van der Waals surface area contributed by atoms with E-state index in [1.165, 1.54) is 0 Å². The Balaban J connectivity index is 2.44. The van der Waals surface area contributed by atoms with Crippen molar-refractivity contribution >= 4 is 28.9 Å². The van der Waals surface area contributed by atoms with E-state index in [2.05, 4.69) is 16.0 Å². The maximum atomic E-state index is 11.7. The summed E-state index contributed by atoms with van der Waals surface area (Å²) >= 11 is 5.17. The topological polar surface area (TPSA) is 62.4 Å². The standard InChI is InChI=1S/C14H21N3O2S/c1-4-9-15-13(18)10(2)16-14(20)17-11-5-7-12(19-3)8-6-11/h5-8,10H,4,9H2,1-3H3,(H,15,18)(H2,16,17,20)/t10-/m0/s1. The number of anilines is 1. The minimum atomic E-state index is -0.375. The summed E-state index contributed by atoms with van der Waals surface area (Å²) < 4.78 is 5.08. The molecule has 0 aromatic heterocycles. The lowest BCUT2D eigenvalue weighted by molar-refractivity contribution is -0.122. The monoisotopic (exact) mass is 295 g/mol. The van der Waals surface area contributed by atoms with Gasteiger partial charge in [0.25, 0.3) is 0 Å². The summed E-state index contributed by atoms with van der Waals surface area (Å²) in [6.07, 6.45) is 0.910. The highest BCUT2D eigenvalue weighted by atomic mass is 32.1. The van der Waals surface area contributed by atoms with Crippen LogP contribution in [0.3, 0.4) is 0 Å². The van der Waals surface area contributed by atoms with Crippen molar-refractivity contribution in [3.05, 3.63) is 24.3 Å². The van der Waals surface area contributed by atoms with Crippen molar-refractivity contribution in [2.24, 2.45) is 0 Å². The second-order valence-electron chi connectivity index (χ2n) is 4.34. The average molecular weight is 295 g/mol. The minimum absolute atomic E-state index is 0.0641. The zero-order chi connectivity index (χ0) is 15.0. The van der Waals surface area contributed by atoms with Gasteiger partial charge >= 0.3 is 0 Å². The van der Waals surface area contributed by atoms with Crippen LogP contribution in [0.1, 0.15) is 20.3 Å². The highest BCUT2D eigenvalue weighted by Crippen LogP contribution is 2.14. The summed E-state index contributed by atoms with van der Waals surface area (Å²) in [5.74, 6) is 0.715. The van der Waals surface area contributed by atoms with Crippen molar-refractivity contribution in [3.63, 3.8) is 0 Å². The second kappa shape index (κ2) is 8.37. The van der Waals surface area contributed by atoms with Crippen molar-refractivity contribution in [1.29, 1.82) is 0 Å². The number of hydrogen-bond acceptors (Lipinski definition) is 3. The lowest BCUT2D eigenvalue weighted by Crippen LogP contribution is -2.46. The first-order valence-electron chi connectivity index (χ1n) is 6.56. The Labute approximate surface area is 125 Å². The van der Waals surface area contributed by atoms with Crippen LogP contribution in [-0.2, 0) is 4.79 Å². The van der Waals surface area contributed by atoms with E-state index in [4.69, 9.17) is 17.0 Å². The number of methoxy groups -OCH3 is 1. The molecule has 5 nitrogen and oxygen atoms in total. The molecule has 0 heterocycles. The highest BCUT2D eigenvalue weighted by Gasteiger charge is 2.12. The van der Waals surface area contributed by atoms with E-state index in [1.807, 2.05) is 31.2 Å². The van der Waals surface area contributed by atoms with Gasteiger partial charge in [-0.15, -0.1) is 0 Å². The SMILES string of the molecule is CCCNC(=O)[C@H](C)NC(=S)Nc1ccc(OC)cc1. The predicted molar refractivity (Wildman–Crippen MR) is 85.1 cm³/mol. The summed E-state index contributed by atoms with van der Waals surface area (Å²) in [5.41, 5.74) is 0.837. The normalized spacial score (nSPS) is 11.3. The fraction of sp³-hybridized carbons (Fsp3) is 0.429. The number of carbonyl (C=O) groups is 1. The van der Waals surface area contributed by atoms with Gasteiger partial charge in [-0.25, -0.2) is 0 Å². The molecule has 3 N–H and O–H groups in total. The van der Waals surface area contributed by atoms with E-state index >= 15 is 0 Å². The van der Waals surface area contributed by atoms with E-state index in [1.54, 1.807) is 14.0 Å². The Morgan fingerprint density at radius 2 is 2.00 bits per heavy atom. The first-order valence-corrected chi connectivity index (χ1v) is 6.97. The molecule has 1 amide bonds. The van der Waals surface area contributed by atoms with Gasteiger partial charge in [-0.2, -0.15) is 0 Å². The molecule has 1 aromatic carbocycles. The molecule has 20 heavy (non-hydrogen) atoms. The zero-order valence-electron chi connectivity index (χ0n) is 12.0. The van der Waals surface area contributed by atoms with Crippen molar-refractivity contribution < 1.29 is 9.53 Å². The molecule has 0 saturated heterocycles. The molecule has 0 bridgehead atoms. The van der Waals surface area contributed by atoms with Crippen LogP contribution in [0.5, 0.6) is 5.75 Å². The minimum Gasteiger partial charge on any atom is -0.497 e. The largest absolute Gasteiger partial charge is 0.497 e. The Hall–Kier alpha value is -1.82. The Morgan fingerprint density at radius 1 is 1.35 bits per heavy atom. The quantitative estimate of drug-likeness (QED) is 0.700. The van der Waals surface area contributed by atoms with Crippen LogP contribution in [0.2, 0.25) is 0 Å². The van der Waals surface area contributed by atoms with Crippen molar-refractivity contribution in [3.8, 4) is 5.75 Å². The van der Waals surface area contributed by atoms with Gasteiger partial charge in [-0.3, -0.25) is 4.79 Å². The Bertz CT molecular complexity index is 448. The molecular formula is C14H21N3O2S. The second-order valence-corrected chi connectivity index (χ2v) is 4.75.